The molecule has 0 N–H and O–H groups in total. The Labute approximate surface area is 129 Å². The van der Waals surface area contributed by atoms with E-state index in [0.717, 1.165) is 12.1 Å². The highest BCUT2D eigenvalue weighted by molar-refractivity contribution is 5.99. The molecule has 1 aromatic heterocycles. The number of anilines is 1. The predicted molar refractivity (Wildman–Crippen MR) is 79.5 cm³/mol. The van der Waals surface area contributed by atoms with E-state index in [9.17, 15) is 9.59 Å². The first-order chi connectivity index (χ1) is 10.6. The van der Waals surface area contributed by atoms with Crippen LogP contribution in [0.2, 0.25) is 0 Å². The maximum atomic E-state index is 12.6. The zero-order valence-corrected chi connectivity index (χ0v) is 12.9. The van der Waals surface area contributed by atoms with Gasteiger partial charge in [-0.25, -0.2) is 4.79 Å². The van der Waals surface area contributed by atoms with E-state index in [1.807, 2.05) is 13.2 Å². The van der Waals surface area contributed by atoms with Gasteiger partial charge >= 0.3 is 6.09 Å². The molecule has 3 rings (SSSR count). The van der Waals surface area contributed by atoms with Crippen LogP contribution < -0.4 is 4.90 Å². The molecule has 0 aliphatic carbocycles. The molecule has 2 saturated heterocycles. The van der Waals surface area contributed by atoms with Gasteiger partial charge in [0.25, 0.3) is 0 Å². The van der Waals surface area contributed by atoms with E-state index in [2.05, 4.69) is 10.00 Å². The Balaban J connectivity index is 1.61. The predicted octanol–water partition coefficient (Wildman–Crippen LogP) is -0.0906. The third-order valence-corrected chi connectivity index (χ3v) is 4.37. The lowest BCUT2D eigenvalue weighted by atomic mass is 10.2. The first-order valence-corrected chi connectivity index (χ1v) is 7.47. The number of ether oxygens (including phenoxy) is 1. The van der Waals surface area contributed by atoms with Crippen molar-refractivity contribution in [2.24, 2.45) is 7.05 Å². The minimum absolute atomic E-state index is 0.0972. The summed E-state index contributed by atoms with van der Waals surface area (Å²) in [7, 11) is 3.23. The number of carbonyl (C=O) groups excluding carboxylic acids is 2. The average molecular weight is 307 g/mol. The van der Waals surface area contributed by atoms with Gasteiger partial charge in [-0.15, -0.1) is 0 Å². The lowest BCUT2D eigenvalue weighted by Gasteiger charge is -2.36. The molecule has 0 aromatic carbocycles. The summed E-state index contributed by atoms with van der Waals surface area (Å²) in [5.41, 5.74) is 0.850. The highest BCUT2D eigenvalue weighted by Crippen LogP contribution is 2.24. The van der Waals surface area contributed by atoms with Gasteiger partial charge in [0.2, 0.25) is 5.91 Å². The van der Waals surface area contributed by atoms with Gasteiger partial charge in [-0.3, -0.25) is 14.4 Å². The zero-order valence-electron chi connectivity index (χ0n) is 12.9. The standard InChI is InChI=1S/C14H21N5O3/c1-16-10-11(9-15-16)19-4-3-12(13(19)20)17-5-7-18(8-6-17)14(21)22-2/h9-10,12H,3-8H2,1-2H3. The molecule has 1 atom stereocenters. The molecule has 8 nitrogen and oxygen atoms in total. The molecule has 8 heteroatoms. The molecule has 1 aromatic rings. The van der Waals surface area contributed by atoms with Crippen LogP contribution in [0.5, 0.6) is 0 Å². The summed E-state index contributed by atoms with van der Waals surface area (Å²) in [5.74, 6) is 0.125. The molecule has 3 heterocycles. The topological polar surface area (TPSA) is 70.9 Å². The van der Waals surface area contributed by atoms with Crippen molar-refractivity contribution in [3.8, 4) is 0 Å². The number of hydrogen-bond acceptors (Lipinski definition) is 5. The van der Waals surface area contributed by atoms with E-state index in [4.69, 9.17) is 4.74 Å². The molecular weight excluding hydrogens is 286 g/mol. The zero-order chi connectivity index (χ0) is 15.7. The second kappa shape index (κ2) is 5.96. The van der Waals surface area contributed by atoms with Crippen molar-refractivity contribution in [2.45, 2.75) is 12.5 Å². The largest absolute Gasteiger partial charge is 0.453 e. The van der Waals surface area contributed by atoms with Crippen LogP contribution in [-0.2, 0) is 16.6 Å². The number of aromatic nitrogens is 2. The van der Waals surface area contributed by atoms with Gasteiger partial charge < -0.3 is 14.5 Å². The van der Waals surface area contributed by atoms with Crippen molar-refractivity contribution >= 4 is 17.7 Å². The number of hydrogen-bond donors (Lipinski definition) is 0. The van der Waals surface area contributed by atoms with Crippen LogP contribution in [0, 0.1) is 0 Å². The summed E-state index contributed by atoms with van der Waals surface area (Å²) >= 11 is 0. The minimum Gasteiger partial charge on any atom is -0.453 e. The van der Waals surface area contributed by atoms with Gasteiger partial charge in [0.15, 0.2) is 0 Å². The lowest BCUT2D eigenvalue weighted by Crippen LogP contribution is -2.53. The Morgan fingerprint density at radius 1 is 1.27 bits per heavy atom. The Hall–Kier alpha value is -2.09. The summed E-state index contributed by atoms with van der Waals surface area (Å²) in [6, 6.07) is -0.0972. The van der Waals surface area contributed by atoms with Gasteiger partial charge in [0.05, 0.1) is 25.0 Å². The van der Waals surface area contributed by atoms with Crippen molar-refractivity contribution in [1.29, 1.82) is 0 Å². The normalized spacial score (nSPS) is 23.2. The fourth-order valence-electron chi connectivity index (χ4n) is 3.15. The molecule has 22 heavy (non-hydrogen) atoms. The molecule has 0 bridgehead atoms. The third-order valence-electron chi connectivity index (χ3n) is 4.37. The summed E-state index contributed by atoms with van der Waals surface area (Å²) in [6.45, 7) is 3.32. The Kier molecular flexibility index (Phi) is 4.02. The number of piperazine rings is 1. The first-order valence-electron chi connectivity index (χ1n) is 7.47. The molecular formula is C14H21N5O3. The van der Waals surface area contributed by atoms with Gasteiger partial charge in [-0.05, 0) is 6.42 Å². The van der Waals surface area contributed by atoms with E-state index in [0.29, 0.717) is 32.7 Å². The Bertz CT molecular complexity index is 565. The third kappa shape index (κ3) is 2.66. The fraction of sp³-hybridized carbons (Fsp3) is 0.643. The van der Waals surface area contributed by atoms with Crippen LogP contribution in [0.3, 0.4) is 0 Å². The molecule has 2 fully saturated rings. The van der Waals surface area contributed by atoms with Gasteiger partial charge in [0, 0.05) is 46.0 Å². The molecule has 0 saturated carbocycles. The van der Waals surface area contributed by atoms with Crippen molar-refractivity contribution in [3.05, 3.63) is 12.4 Å². The fourth-order valence-corrected chi connectivity index (χ4v) is 3.15. The van der Waals surface area contributed by atoms with Crippen molar-refractivity contribution in [3.63, 3.8) is 0 Å². The summed E-state index contributed by atoms with van der Waals surface area (Å²) in [4.78, 5) is 29.8. The quantitative estimate of drug-likeness (QED) is 0.763. The van der Waals surface area contributed by atoms with Crippen molar-refractivity contribution in [2.75, 3.05) is 44.7 Å². The number of nitrogens with zero attached hydrogens (tertiary/aromatic N) is 5. The lowest BCUT2D eigenvalue weighted by molar-refractivity contribution is -0.122. The minimum atomic E-state index is -0.297. The average Bonchev–Trinajstić information content (AvgIpc) is 3.12. The maximum absolute atomic E-state index is 12.6. The molecule has 2 aliphatic rings. The second-order valence-electron chi connectivity index (χ2n) is 5.66. The maximum Gasteiger partial charge on any atom is 0.409 e. The first kappa shape index (κ1) is 14.8. The Morgan fingerprint density at radius 3 is 2.59 bits per heavy atom. The molecule has 2 amide bonds. The van der Waals surface area contributed by atoms with E-state index < -0.39 is 0 Å². The molecule has 1 unspecified atom stereocenters. The van der Waals surface area contributed by atoms with Gasteiger partial charge in [-0.1, -0.05) is 0 Å². The van der Waals surface area contributed by atoms with Crippen molar-refractivity contribution in [1.82, 2.24) is 19.6 Å². The van der Waals surface area contributed by atoms with E-state index in [1.54, 1.807) is 20.7 Å². The van der Waals surface area contributed by atoms with Crippen LogP contribution in [0.25, 0.3) is 0 Å². The Morgan fingerprint density at radius 2 is 2.00 bits per heavy atom. The highest BCUT2D eigenvalue weighted by atomic mass is 16.5. The van der Waals surface area contributed by atoms with E-state index in [1.165, 1.54) is 7.11 Å². The van der Waals surface area contributed by atoms with Crippen LogP contribution in [0.4, 0.5) is 10.5 Å². The van der Waals surface area contributed by atoms with Gasteiger partial charge in [0.1, 0.15) is 0 Å². The molecule has 0 spiro atoms. The van der Waals surface area contributed by atoms with E-state index >= 15 is 0 Å². The number of rotatable bonds is 2. The van der Waals surface area contributed by atoms with Gasteiger partial charge in [-0.2, -0.15) is 5.10 Å². The molecule has 2 aliphatic heterocycles. The summed E-state index contributed by atoms with van der Waals surface area (Å²) in [6.07, 6.45) is 4.09. The van der Waals surface area contributed by atoms with Crippen LogP contribution >= 0.6 is 0 Å². The van der Waals surface area contributed by atoms with Crippen LogP contribution in [0.15, 0.2) is 12.4 Å². The number of amides is 2. The van der Waals surface area contributed by atoms with Crippen LogP contribution in [-0.4, -0.2) is 77.5 Å². The van der Waals surface area contributed by atoms with E-state index in [-0.39, 0.29) is 18.0 Å². The number of aryl methyl sites for hydroxylation is 1. The number of methoxy groups -OCH3 is 1. The SMILES string of the molecule is COC(=O)N1CCN(C2CCN(c3cnn(C)c3)C2=O)CC1. The molecule has 120 valence electrons. The summed E-state index contributed by atoms with van der Waals surface area (Å²) < 4.78 is 6.43. The van der Waals surface area contributed by atoms with Crippen molar-refractivity contribution < 1.29 is 14.3 Å². The van der Waals surface area contributed by atoms with Crippen LogP contribution in [0.1, 0.15) is 6.42 Å². The molecule has 0 radical (unpaired) electrons. The number of carbonyl (C=O) groups is 2. The smallest absolute Gasteiger partial charge is 0.409 e. The second-order valence-corrected chi connectivity index (χ2v) is 5.66. The monoisotopic (exact) mass is 307 g/mol. The highest BCUT2D eigenvalue weighted by Gasteiger charge is 2.38. The summed E-state index contributed by atoms with van der Waals surface area (Å²) in [5, 5.41) is 4.12.